The normalized spacial score (nSPS) is 10.9. The number of carbonyl (C=O) groups excluding carboxylic acids is 1. The maximum atomic E-state index is 12.6. The molecule has 23 heavy (non-hydrogen) atoms. The van der Waals surface area contributed by atoms with Crippen LogP contribution in [0.2, 0.25) is 0 Å². The van der Waals surface area contributed by atoms with Gasteiger partial charge in [0.1, 0.15) is 12.7 Å². The first-order valence-electron chi connectivity index (χ1n) is 7.68. The van der Waals surface area contributed by atoms with E-state index in [2.05, 4.69) is 39.6 Å². The van der Waals surface area contributed by atoms with E-state index in [1.165, 1.54) is 5.56 Å². The van der Waals surface area contributed by atoms with Gasteiger partial charge >= 0.3 is 0 Å². The van der Waals surface area contributed by atoms with Crippen LogP contribution in [-0.4, -0.2) is 32.2 Å². The highest BCUT2D eigenvalue weighted by molar-refractivity contribution is 6.06. The van der Waals surface area contributed by atoms with Crippen molar-refractivity contribution in [2.24, 2.45) is 0 Å². The van der Waals surface area contributed by atoms with Gasteiger partial charge in [0.2, 0.25) is 0 Å². The number of aryl methyl sites for hydroxylation is 2. The summed E-state index contributed by atoms with van der Waals surface area (Å²) in [4.78, 5) is 17.1. The van der Waals surface area contributed by atoms with Crippen molar-refractivity contribution in [2.75, 3.05) is 6.54 Å². The fourth-order valence-corrected chi connectivity index (χ4v) is 2.54. The Balaban J connectivity index is 1.83. The number of fused-ring (bicyclic) bond motifs is 1. The van der Waals surface area contributed by atoms with E-state index in [1.807, 2.05) is 23.6 Å². The smallest absolute Gasteiger partial charge is 0.252 e. The first kappa shape index (κ1) is 15.1. The first-order chi connectivity index (χ1) is 11.2. The Morgan fingerprint density at radius 3 is 2.74 bits per heavy atom. The van der Waals surface area contributed by atoms with Crippen molar-refractivity contribution in [1.82, 2.24) is 25.1 Å². The summed E-state index contributed by atoms with van der Waals surface area (Å²) in [5.74, 6) is -0.0816. The molecule has 3 aromatic rings. The van der Waals surface area contributed by atoms with Crippen LogP contribution in [0.3, 0.4) is 0 Å². The van der Waals surface area contributed by atoms with Crippen molar-refractivity contribution in [3.63, 3.8) is 0 Å². The molecule has 1 amide bonds. The van der Waals surface area contributed by atoms with Gasteiger partial charge in [0, 0.05) is 24.2 Å². The van der Waals surface area contributed by atoms with Crippen LogP contribution in [0.25, 0.3) is 10.9 Å². The first-order valence-corrected chi connectivity index (χ1v) is 7.68. The third kappa shape index (κ3) is 3.36. The van der Waals surface area contributed by atoms with Crippen molar-refractivity contribution < 1.29 is 4.79 Å². The topological polar surface area (TPSA) is 72.7 Å². The minimum Gasteiger partial charge on any atom is -0.350 e. The van der Waals surface area contributed by atoms with Gasteiger partial charge in [-0.2, -0.15) is 0 Å². The predicted molar refractivity (Wildman–Crippen MR) is 88.2 cm³/mol. The zero-order valence-electron chi connectivity index (χ0n) is 13.3. The second-order valence-corrected chi connectivity index (χ2v) is 5.47. The van der Waals surface area contributed by atoms with Crippen molar-refractivity contribution in [3.05, 3.63) is 53.7 Å². The molecular formula is C17H19N5O. The summed E-state index contributed by atoms with van der Waals surface area (Å²) in [7, 11) is 0. The Kier molecular flexibility index (Phi) is 4.32. The van der Waals surface area contributed by atoms with Gasteiger partial charge in [-0.1, -0.05) is 13.0 Å². The summed E-state index contributed by atoms with van der Waals surface area (Å²) < 4.78 is 1.82. The number of hydrogen-bond donors (Lipinski definition) is 1. The maximum Gasteiger partial charge on any atom is 0.252 e. The number of pyridine rings is 1. The van der Waals surface area contributed by atoms with Crippen LogP contribution >= 0.6 is 0 Å². The number of rotatable bonds is 5. The standard InChI is InChI=1S/C17H19N5O/c1-3-13-4-5-16-14(9-13)15(8-12(2)21-16)17(23)18-6-7-22-10-19-20-11-22/h4-5,8-11H,3,6-7H2,1-2H3,(H,18,23). The van der Waals surface area contributed by atoms with E-state index < -0.39 is 0 Å². The highest BCUT2D eigenvalue weighted by atomic mass is 16.1. The van der Waals surface area contributed by atoms with E-state index in [1.54, 1.807) is 12.7 Å². The molecule has 0 atom stereocenters. The molecule has 6 nitrogen and oxygen atoms in total. The molecule has 0 bridgehead atoms. The molecule has 6 heteroatoms. The summed E-state index contributed by atoms with van der Waals surface area (Å²) in [5, 5.41) is 11.3. The fraction of sp³-hybridized carbons (Fsp3) is 0.294. The number of aromatic nitrogens is 4. The van der Waals surface area contributed by atoms with E-state index >= 15 is 0 Å². The van der Waals surface area contributed by atoms with E-state index in [-0.39, 0.29) is 5.91 Å². The molecule has 0 unspecified atom stereocenters. The van der Waals surface area contributed by atoms with Gasteiger partial charge in [-0.25, -0.2) is 0 Å². The van der Waals surface area contributed by atoms with Crippen LogP contribution in [0, 0.1) is 6.92 Å². The Morgan fingerprint density at radius 2 is 2.00 bits per heavy atom. The van der Waals surface area contributed by atoms with E-state index in [0.29, 0.717) is 18.7 Å². The molecule has 1 N–H and O–H groups in total. The van der Waals surface area contributed by atoms with Crippen molar-refractivity contribution in [1.29, 1.82) is 0 Å². The van der Waals surface area contributed by atoms with Gasteiger partial charge in [0.05, 0.1) is 11.1 Å². The average molecular weight is 309 g/mol. The van der Waals surface area contributed by atoms with Crippen LogP contribution in [0.1, 0.15) is 28.5 Å². The number of nitrogens with one attached hydrogen (secondary N) is 1. The number of benzene rings is 1. The van der Waals surface area contributed by atoms with Crippen LogP contribution < -0.4 is 5.32 Å². The lowest BCUT2D eigenvalue weighted by Gasteiger charge is -2.10. The van der Waals surface area contributed by atoms with E-state index in [9.17, 15) is 4.79 Å². The van der Waals surface area contributed by atoms with Gasteiger partial charge < -0.3 is 9.88 Å². The molecular weight excluding hydrogens is 290 g/mol. The molecule has 0 aliphatic carbocycles. The minimum absolute atomic E-state index is 0.0816. The molecule has 0 aliphatic heterocycles. The molecule has 0 spiro atoms. The second kappa shape index (κ2) is 6.56. The third-order valence-corrected chi connectivity index (χ3v) is 3.78. The van der Waals surface area contributed by atoms with Crippen molar-refractivity contribution in [3.8, 4) is 0 Å². The molecule has 0 saturated heterocycles. The lowest BCUT2D eigenvalue weighted by molar-refractivity contribution is 0.0954. The average Bonchev–Trinajstić information content (AvgIpc) is 3.07. The number of carbonyl (C=O) groups is 1. The van der Waals surface area contributed by atoms with E-state index in [4.69, 9.17) is 0 Å². The molecule has 0 aliphatic rings. The molecule has 0 radical (unpaired) electrons. The van der Waals surface area contributed by atoms with Crippen LogP contribution in [0.15, 0.2) is 36.9 Å². The SMILES string of the molecule is CCc1ccc2nc(C)cc(C(=O)NCCn3cnnc3)c2c1. The summed E-state index contributed by atoms with van der Waals surface area (Å²) in [5.41, 5.74) is 3.56. The lowest BCUT2D eigenvalue weighted by Crippen LogP contribution is -2.27. The summed E-state index contributed by atoms with van der Waals surface area (Å²) in [6, 6.07) is 7.93. The monoisotopic (exact) mass is 309 g/mol. The van der Waals surface area contributed by atoms with Gasteiger partial charge in [0.15, 0.2) is 0 Å². The molecule has 0 fully saturated rings. The second-order valence-electron chi connectivity index (χ2n) is 5.47. The highest BCUT2D eigenvalue weighted by Gasteiger charge is 2.12. The van der Waals surface area contributed by atoms with Crippen LogP contribution in [0.5, 0.6) is 0 Å². The van der Waals surface area contributed by atoms with Gasteiger partial charge in [-0.05, 0) is 37.1 Å². The van der Waals surface area contributed by atoms with Crippen LogP contribution in [-0.2, 0) is 13.0 Å². The Morgan fingerprint density at radius 1 is 1.22 bits per heavy atom. The summed E-state index contributed by atoms with van der Waals surface area (Å²) in [6.07, 6.45) is 4.19. The highest BCUT2D eigenvalue weighted by Crippen LogP contribution is 2.20. The quantitative estimate of drug-likeness (QED) is 0.783. The summed E-state index contributed by atoms with van der Waals surface area (Å²) in [6.45, 7) is 5.16. The molecule has 3 rings (SSSR count). The van der Waals surface area contributed by atoms with Crippen molar-refractivity contribution in [2.45, 2.75) is 26.8 Å². The van der Waals surface area contributed by atoms with Gasteiger partial charge in [-0.15, -0.1) is 10.2 Å². The molecule has 2 aromatic heterocycles. The minimum atomic E-state index is -0.0816. The predicted octanol–water partition coefficient (Wildman–Crippen LogP) is 2.13. The zero-order valence-corrected chi connectivity index (χ0v) is 13.3. The Hall–Kier alpha value is -2.76. The molecule has 1 aromatic carbocycles. The van der Waals surface area contributed by atoms with Crippen LogP contribution in [0.4, 0.5) is 0 Å². The lowest BCUT2D eigenvalue weighted by atomic mass is 10.0. The van der Waals surface area contributed by atoms with Gasteiger partial charge in [-0.3, -0.25) is 9.78 Å². The number of nitrogens with zero attached hydrogens (tertiary/aromatic N) is 4. The third-order valence-electron chi connectivity index (χ3n) is 3.78. The Labute approximate surface area is 134 Å². The van der Waals surface area contributed by atoms with Crippen molar-refractivity contribution >= 4 is 16.8 Å². The number of amides is 1. The fourth-order valence-electron chi connectivity index (χ4n) is 2.54. The Bertz CT molecular complexity index is 826. The maximum absolute atomic E-state index is 12.6. The molecule has 0 saturated carbocycles. The number of hydrogen-bond acceptors (Lipinski definition) is 4. The van der Waals surface area contributed by atoms with E-state index in [0.717, 1.165) is 23.0 Å². The molecule has 118 valence electrons. The summed E-state index contributed by atoms with van der Waals surface area (Å²) >= 11 is 0. The molecule has 2 heterocycles. The van der Waals surface area contributed by atoms with Gasteiger partial charge in [0.25, 0.3) is 5.91 Å². The zero-order chi connectivity index (χ0) is 16.2. The largest absolute Gasteiger partial charge is 0.350 e.